The Morgan fingerprint density at radius 2 is 1.94 bits per heavy atom. The summed E-state index contributed by atoms with van der Waals surface area (Å²) in [5, 5.41) is 1.75. The van der Waals surface area contributed by atoms with Crippen LogP contribution in [0.1, 0.15) is 17.1 Å². The average molecular weight is 459 g/mol. The minimum atomic E-state index is -4.68. The molecule has 0 unspecified atom stereocenters. The fourth-order valence-corrected chi connectivity index (χ4v) is 2.53. The highest BCUT2D eigenvalue weighted by molar-refractivity contribution is 6.31. The van der Waals surface area contributed by atoms with Gasteiger partial charge in [-0.2, -0.15) is 13.2 Å². The third kappa shape index (κ3) is 7.49. The molecule has 0 saturated carbocycles. The van der Waals surface area contributed by atoms with E-state index in [9.17, 15) is 27.6 Å². The summed E-state index contributed by atoms with van der Waals surface area (Å²) < 4.78 is 48.7. The van der Waals surface area contributed by atoms with E-state index in [0.29, 0.717) is 17.6 Å². The lowest BCUT2D eigenvalue weighted by Crippen LogP contribution is -2.37. The molecule has 1 aromatic heterocycles. The summed E-state index contributed by atoms with van der Waals surface area (Å²) in [6.07, 6.45) is -2.23. The van der Waals surface area contributed by atoms with Gasteiger partial charge in [0.05, 0.1) is 17.1 Å². The van der Waals surface area contributed by atoms with Crippen LogP contribution < -0.4 is 5.32 Å². The van der Waals surface area contributed by atoms with Gasteiger partial charge in [0, 0.05) is 18.8 Å². The van der Waals surface area contributed by atoms with Crippen molar-refractivity contribution in [1.82, 2.24) is 4.90 Å². The standard InChI is InChI=1S/C20H18ClF3N2O5/c1-12-3-5-14(31-12)6-8-19(29)30-11-18(28)26(2)10-17(27)25-13-4-7-16(21)15(9-13)20(22,23)24/h3-9H,10-11H2,1-2H3,(H,25,27)/b8-6+. The van der Waals surface area contributed by atoms with Gasteiger partial charge in [0.15, 0.2) is 6.61 Å². The molecule has 7 nitrogen and oxygen atoms in total. The van der Waals surface area contributed by atoms with Gasteiger partial charge in [-0.3, -0.25) is 9.59 Å². The number of benzene rings is 1. The maximum atomic E-state index is 12.9. The van der Waals surface area contributed by atoms with Crippen molar-refractivity contribution in [3.63, 3.8) is 0 Å². The number of carbonyl (C=O) groups excluding carboxylic acids is 3. The number of esters is 1. The lowest BCUT2D eigenvalue weighted by atomic mass is 10.2. The van der Waals surface area contributed by atoms with Crippen LogP contribution in [0.5, 0.6) is 0 Å². The van der Waals surface area contributed by atoms with E-state index in [-0.39, 0.29) is 5.69 Å². The number of furan rings is 1. The fourth-order valence-electron chi connectivity index (χ4n) is 2.31. The fraction of sp³-hybridized carbons (Fsp3) is 0.250. The van der Waals surface area contributed by atoms with Crippen LogP contribution in [0.4, 0.5) is 18.9 Å². The topological polar surface area (TPSA) is 88.9 Å². The Bertz CT molecular complexity index is 1000. The van der Waals surface area contributed by atoms with Crippen LogP contribution in [0.3, 0.4) is 0 Å². The lowest BCUT2D eigenvalue weighted by Gasteiger charge is -2.17. The van der Waals surface area contributed by atoms with E-state index >= 15 is 0 Å². The van der Waals surface area contributed by atoms with Gasteiger partial charge in [0.25, 0.3) is 5.91 Å². The minimum absolute atomic E-state index is 0.132. The molecular formula is C20H18ClF3N2O5. The Labute approximate surface area is 180 Å². The van der Waals surface area contributed by atoms with E-state index in [4.69, 9.17) is 20.8 Å². The van der Waals surface area contributed by atoms with Crippen molar-refractivity contribution in [2.24, 2.45) is 0 Å². The Balaban J connectivity index is 1.83. The van der Waals surface area contributed by atoms with Crippen LogP contribution in [-0.2, 0) is 25.3 Å². The first kappa shape index (κ1) is 24.0. The number of alkyl halides is 3. The van der Waals surface area contributed by atoms with Crippen molar-refractivity contribution in [3.05, 3.63) is 58.5 Å². The normalized spacial score (nSPS) is 11.4. The SMILES string of the molecule is Cc1ccc(/C=C/C(=O)OCC(=O)N(C)CC(=O)Nc2ccc(Cl)c(C(F)(F)F)c2)o1. The molecule has 0 aliphatic rings. The summed E-state index contributed by atoms with van der Waals surface area (Å²) in [7, 11) is 1.28. The summed E-state index contributed by atoms with van der Waals surface area (Å²) in [6.45, 7) is 0.646. The number of likely N-dealkylation sites (N-methyl/N-ethyl adjacent to an activating group) is 1. The number of hydrogen-bond donors (Lipinski definition) is 1. The molecule has 2 rings (SSSR count). The number of amides is 2. The summed E-state index contributed by atoms with van der Waals surface area (Å²) in [5.41, 5.74) is -1.23. The van der Waals surface area contributed by atoms with E-state index in [0.717, 1.165) is 17.0 Å². The third-order valence-corrected chi connectivity index (χ3v) is 4.17. The second-order valence-electron chi connectivity index (χ2n) is 6.38. The molecule has 0 atom stereocenters. The van der Waals surface area contributed by atoms with Gasteiger partial charge >= 0.3 is 12.1 Å². The van der Waals surface area contributed by atoms with E-state index in [1.165, 1.54) is 19.2 Å². The molecule has 0 saturated heterocycles. The van der Waals surface area contributed by atoms with Gasteiger partial charge in [0.1, 0.15) is 11.5 Å². The van der Waals surface area contributed by atoms with Gasteiger partial charge in [-0.05, 0) is 43.3 Å². The van der Waals surface area contributed by atoms with Crippen molar-refractivity contribution < 1.29 is 36.7 Å². The van der Waals surface area contributed by atoms with Gasteiger partial charge in [0.2, 0.25) is 5.91 Å². The molecule has 2 amide bonds. The van der Waals surface area contributed by atoms with Gasteiger partial charge in [-0.25, -0.2) is 4.79 Å². The van der Waals surface area contributed by atoms with Crippen molar-refractivity contribution >= 4 is 41.1 Å². The molecule has 31 heavy (non-hydrogen) atoms. The molecule has 1 heterocycles. The van der Waals surface area contributed by atoms with Crippen molar-refractivity contribution in [2.45, 2.75) is 13.1 Å². The zero-order valence-electron chi connectivity index (χ0n) is 16.5. The number of rotatable bonds is 7. The molecule has 166 valence electrons. The van der Waals surface area contributed by atoms with Crippen LogP contribution in [0.15, 0.2) is 40.8 Å². The molecule has 0 radical (unpaired) electrons. The van der Waals surface area contributed by atoms with E-state index in [1.54, 1.807) is 19.1 Å². The number of anilines is 1. The van der Waals surface area contributed by atoms with E-state index in [1.807, 2.05) is 0 Å². The number of hydrogen-bond acceptors (Lipinski definition) is 5. The summed E-state index contributed by atoms with van der Waals surface area (Å²) in [4.78, 5) is 36.6. The predicted molar refractivity (Wildman–Crippen MR) is 106 cm³/mol. The third-order valence-electron chi connectivity index (χ3n) is 3.84. The summed E-state index contributed by atoms with van der Waals surface area (Å²) in [5.74, 6) is -1.12. The Hall–Kier alpha value is -3.27. The average Bonchev–Trinajstić information content (AvgIpc) is 3.10. The molecule has 1 aromatic carbocycles. The minimum Gasteiger partial charge on any atom is -0.462 e. The zero-order chi connectivity index (χ0) is 23.2. The van der Waals surface area contributed by atoms with Gasteiger partial charge < -0.3 is 19.4 Å². The molecule has 0 aliphatic carbocycles. The van der Waals surface area contributed by atoms with E-state index < -0.39 is 47.7 Å². The molecule has 2 aromatic rings. The predicted octanol–water partition coefficient (Wildman–Crippen LogP) is 3.91. The zero-order valence-corrected chi connectivity index (χ0v) is 17.2. The van der Waals surface area contributed by atoms with Crippen LogP contribution in [0.25, 0.3) is 6.08 Å². The van der Waals surface area contributed by atoms with Gasteiger partial charge in [-0.15, -0.1) is 0 Å². The number of halogens is 4. The maximum absolute atomic E-state index is 12.9. The number of aryl methyl sites for hydroxylation is 1. The Morgan fingerprint density at radius 3 is 2.55 bits per heavy atom. The van der Waals surface area contributed by atoms with Crippen LogP contribution in [-0.4, -0.2) is 42.9 Å². The van der Waals surface area contributed by atoms with Crippen molar-refractivity contribution in [1.29, 1.82) is 0 Å². The quantitative estimate of drug-likeness (QED) is 0.502. The second kappa shape index (κ2) is 10.2. The number of nitrogens with zero attached hydrogens (tertiary/aromatic N) is 1. The molecule has 0 fully saturated rings. The van der Waals surface area contributed by atoms with E-state index in [2.05, 4.69) is 5.32 Å². The molecular weight excluding hydrogens is 441 g/mol. The Morgan fingerprint density at radius 1 is 1.23 bits per heavy atom. The molecule has 1 N–H and O–H groups in total. The number of carbonyl (C=O) groups is 3. The highest BCUT2D eigenvalue weighted by Gasteiger charge is 2.33. The summed E-state index contributed by atoms with van der Waals surface area (Å²) >= 11 is 5.52. The highest BCUT2D eigenvalue weighted by Crippen LogP contribution is 2.36. The smallest absolute Gasteiger partial charge is 0.417 e. The largest absolute Gasteiger partial charge is 0.462 e. The monoisotopic (exact) mass is 458 g/mol. The number of nitrogens with one attached hydrogen (secondary N) is 1. The number of ether oxygens (including phenoxy) is 1. The van der Waals surface area contributed by atoms with Gasteiger partial charge in [-0.1, -0.05) is 11.6 Å². The molecule has 0 bridgehead atoms. The molecule has 0 spiro atoms. The maximum Gasteiger partial charge on any atom is 0.417 e. The first-order chi connectivity index (χ1) is 14.5. The van der Waals surface area contributed by atoms with Crippen LogP contribution >= 0.6 is 11.6 Å². The van der Waals surface area contributed by atoms with Crippen molar-refractivity contribution in [3.8, 4) is 0 Å². The lowest BCUT2D eigenvalue weighted by molar-refractivity contribution is -0.148. The second-order valence-corrected chi connectivity index (χ2v) is 6.79. The highest BCUT2D eigenvalue weighted by atomic mass is 35.5. The molecule has 0 aliphatic heterocycles. The first-order valence-corrected chi connectivity index (χ1v) is 9.15. The van der Waals surface area contributed by atoms with Crippen molar-refractivity contribution in [2.75, 3.05) is 25.5 Å². The molecule has 11 heteroatoms. The Kier molecular flexibility index (Phi) is 7.87. The van der Waals surface area contributed by atoms with Crippen LogP contribution in [0, 0.1) is 6.92 Å². The summed E-state index contributed by atoms with van der Waals surface area (Å²) in [6, 6.07) is 6.26. The first-order valence-electron chi connectivity index (χ1n) is 8.77. The van der Waals surface area contributed by atoms with Crippen LogP contribution in [0.2, 0.25) is 5.02 Å².